The standard InChI is InChI=1S/C44H27N5O2/c50-49(51)44-38-26-25-36(47-38)41(30-17-9-3-10-18-30)34-22-21-33(45-34)40(29-15-7-2-8-16-29)35-23-24-37(46-35)42(31-19-11-4-12-20-31)43-32(27-39(44)48-43)28-13-5-1-6-14-28/h1-27H. The van der Waals surface area contributed by atoms with E-state index in [9.17, 15) is 10.1 Å². The molecule has 0 unspecified atom stereocenters. The molecule has 5 heterocycles. The van der Waals surface area contributed by atoms with E-state index < -0.39 is 0 Å². The van der Waals surface area contributed by atoms with Gasteiger partial charge in [0.05, 0.1) is 39.1 Å². The minimum atomic E-state index is -0.390. The van der Waals surface area contributed by atoms with Crippen LogP contribution in [0.5, 0.6) is 0 Å². The summed E-state index contributed by atoms with van der Waals surface area (Å²) < 4.78 is 0. The molecular formula is C44H27N5O2. The Hall–Kier alpha value is -7.12. The van der Waals surface area contributed by atoms with E-state index >= 15 is 0 Å². The van der Waals surface area contributed by atoms with Crippen LogP contribution in [0.4, 0.5) is 0 Å². The van der Waals surface area contributed by atoms with E-state index in [-0.39, 0.29) is 22.0 Å². The molecule has 0 spiro atoms. The van der Waals surface area contributed by atoms with Gasteiger partial charge in [0.15, 0.2) is 0 Å². The van der Waals surface area contributed by atoms with Crippen molar-refractivity contribution in [3.63, 3.8) is 0 Å². The minimum Gasteiger partial charge on any atom is -0.258 e. The van der Waals surface area contributed by atoms with Gasteiger partial charge < -0.3 is 0 Å². The fraction of sp³-hybridized carbons (Fsp3) is 0. The van der Waals surface area contributed by atoms with Crippen LogP contribution < -0.4 is 0 Å². The number of allylic oxidation sites excluding steroid dienone is 11. The number of nitro groups is 1. The lowest BCUT2D eigenvalue weighted by atomic mass is 9.91. The Morgan fingerprint density at radius 1 is 0.412 bits per heavy atom. The average molecular weight is 658 g/mol. The first-order valence-corrected chi connectivity index (χ1v) is 16.6. The van der Waals surface area contributed by atoms with E-state index in [0.29, 0.717) is 22.8 Å². The molecule has 8 bridgehead atoms. The highest BCUT2D eigenvalue weighted by atomic mass is 16.6. The molecular weight excluding hydrogens is 631 g/mol. The number of nitrogens with zero attached hydrogens (tertiary/aromatic N) is 5. The molecule has 5 aliphatic rings. The summed E-state index contributed by atoms with van der Waals surface area (Å²) >= 11 is 0. The summed E-state index contributed by atoms with van der Waals surface area (Å²) in [6, 6.07) is 39.8. The minimum absolute atomic E-state index is 0.177. The van der Waals surface area contributed by atoms with E-state index in [1.165, 1.54) is 0 Å². The monoisotopic (exact) mass is 657 g/mol. The predicted octanol–water partition coefficient (Wildman–Crippen LogP) is 9.29. The van der Waals surface area contributed by atoms with Gasteiger partial charge in [0, 0.05) is 22.3 Å². The molecule has 0 atom stereocenters. The van der Waals surface area contributed by atoms with Crippen molar-refractivity contribution in [3.05, 3.63) is 225 Å². The zero-order chi connectivity index (χ0) is 34.3. The van der Waals surface area contributed by atoms with Gasteiger partial charge >= 0.3 is 5.70 Å². The summed E-state index contributed by atoms with van der Waals surface area (Å²) in [6.45, 7) is 0. The highest BCUT2D eigenvalue weighted by Gasteiger charge is 2.33. The first-order chi connectivity index (χ1) is 25.1. The third-order valence-corrected chi connectivity index (χ3v) is 9.15. The highest BCUT2D eigenvalue weighted by Crippen LogP contribution is 2.40. The Morgan fingerprint density at radius 2 is 0.804 bits per heavy atom. The van der Waals surface area contributed by atoms with Crippen LogP contribution in [0.2, 0.25) is 0 Å². The lowest BCUT2D eigenvalue weighted by Gasteiger charge is -2.14. The summed E-state index contributed by atoms with van der Waals surface area (Å²) in [5, 5.41) is 13.0. The van der Waals surface area contributed by atoms with Crippen LogP contribution in [0.3, 0.4) is 0 Å². The fourth-order valence-corrected chi connectivity index (χ4v) is 6.87. The Morgan fingerprint density at radius 3 is 1.27 bits per heavy atom. The summed E-state index contributed by atoms with van der Waals surface area (Å²) in [4.78, 5) is 33.1. The quantitative estimate of drug-likeness (QED) is 0.158. The third-order valence-electron chi connectivity index (χ3n) is 9.15. The molecule has 0 radical (unpaired) electrons. The number of fused-ring (bicyclic) bond motifs is 4. The van der Waals surface area contributed by atoms with E-state index in [0.717, 1.165) is 56.0 Å². The molecule has 7 heteroatoms. The van der Waals surface area contributed by atoms with E-state index in [1.54, 1.807) is 12.2 Å². The lowest BCUT2D eigenvalue weighted by molar-refractivity contribution is -0.415. The van der Waals surface area contributed by atoms with Crippen molar-refractivity contribution in [1.82, 2.24) is 0 Å². The molecule has 0 N–H and O–H groups in total. The molecule has 0 aliphatic carbocycles. The largest absolute Gasteiger partial charge is 0.320 e. The van der Waals surface area contributed by atoms with Crippen molar-refractivity contribution in [2.75, 3.05) is 0 Å². The van der Waals surface area contributed by atoms with E-state index in [4.69, 9.17) is 20.0 Å². The van der Waals surface area contributed by atoms with Gasteiger partial charge in [0.1, 0.15) is 11.4 Å². The van der Waals surface area contributed by atoms with Crippen LogP contribution in [0.15, 0.2) is 212 Å². The van der Waals surface area contributed by atoms with Crippen molar-refractivity contribution >= 4 is 45.1 Å². The lowest BCUT2D eigenvalue weighted by Crippen LogP contribution is -2.10. The number of hydrogen-bond acceptors (Lipinski definition) is 6. The first kappa shape index (κ1) is 30.0. The second kappa shape index (κ2) is 12.4. The molecule has 0 amide bonds. The molecule has 0 saturated heterocycles. The summed E-state index contributed by atoms with van der Waals surface area (Å²) in [6.07, 6.45) is 13.3. The van der Waals surface area contributed by atoms with Gasteiger partial charge in [-0.1, -0.05) is 121 Å². The molecule has 4 aromatic rings. The van der Waals surface area contributed by atoms with Crippen molar-refractivity contribution in [1.29, 1.82) is 0 Å². The van der Waals surface area contributed by atoms with Crippen molar-refractivity contribution in [2.24, 2.45) is 20.0 Å². The molecule has 51 heavy (non-hydrogen) atoms. The summed E-state index contributed by atoms with van der Waals surface area (Å²) in [5.41, 5.74) is 11.2. The molecule has 0 saturated carbocycles. The van der Waals surface area contributed by atoms with Gasteiger partial charge in [-0.2, -0.15) is 0 Å². The topological polar surface area (TPSA) is 92.6 Å². The van der Waals surface area contributed by atoms with E-state index in [2.05, 4.69) is 12.1 Å². The van der Waals surface area contributed by atoms with Gasteiger partial charge in [-0.25, -0.2) is 20.0 Å². The van der Waals surface area contributed by atoms with Gasteiger partial charge in [-0.05, 0) is 64.8 Å². The second-order valence-electron chi connectivity index (χ2n) is 12.2. The van der Waals surface area contributed by atoms with Crippen molar-refractivity contribution < 1.29 is 4.92 Å². The maximum Gasteiger partial charge on any atom is 0.320 e. The van der Waals surface area contributed by atoms with Crippen LogP contribution in [-0.2, 0) is 0 Å². The molecule has 9 rings (SSSR count). The van der Waals surface area contributed by atoms with Crippen LogP contribution in [0.1, 0.15) is 22.3 Å². The molecule has 0 aromatic heterocycles. The Labute approximate surface area is 294 Å². The highest BCUT2D eigenvalue weighted by molar-refractivity contribution is 6.48. The third kappa shape index (κ3) is 5.34. The van der Waals surface area contributed by atoms with Crippen molar-refractivity contribution in [2.45, 2.75) is 0 Å². The normalized spacial score (nSPS) is 17.6. The molecule has 240 valence electrons. The van der Waals surface area contributed by atoms with Crippen LogP contribution >= 0.6 is 0 Å². The Kier molecular flexibility index (Phi) is 7.29. The number of aliphatic imine (C=N–C) groups is 4. The Bertz CT molecular complexity index is 2540. The maximum atomic E-state index is 13.0. The number of hydrogen-bond donors (Lipinski definition) is 0. The van der Waals surface area contributed by atoms with Crippen LogP contribution in [0, 0.1) is 10.1 Å². The molecule has 7 nitrogen and oxygen atoms in total. The summed E-state index contributed by atoms with van der Waals surface area (Å²) in [5.74, 6) is 0. The van der Waals surface area contributed by atoms with Crippen molar-refractivity contribution in [3.8, 4) is 0 Å². The predicted molar refractivity (Wildman–Crippen MR) is 206 cm³/mol. The Balaban J connectivity index is 1.40. The van der Waals surface area contributed by atoms with E-state index in [1.807, 2.05) is 140 Å². The maximum absolute atomic E-state index is 13.0. The molecule has 4 aromatic carbocycles. The number of rotatable bonds is 5. The van der Waals surface area contributed by atoms with Gasteiger partial charge in [-0.3, -0.25) is 10.1 Å². The van der Waals surface area contributed by atoms with Crippen LogP contribution in [0.25, 0.3) is 22.3 Å². The SMILES string of the molecule is O=[N+]([O-])C1=C2C=C(c3ccccc3)C(=N2)C(c2ccccc2)=C2C=CC(=N2)C(c2ccccc2)=C2C=CC(=N2)C(c2ccccc2)=C2C=CC1=N2. The smallest absolute Gasteiger partial charge is 0.258 e. The number of benzene rings is 4. The van der Waals surface area contributed by atoms with Gasteiger partial charge in [-0.15, -0.1) is 0 Å². The van der Waals surface area contributed by atoms with Crippen LogP contribution in [-0.4, -0.2) is 27.8 Å². The zero-order valence-corrected chi connectivity index (χ0v) is 27.1. The van der Waals surface area contributed by atoms with Gasteiger partial charge in [0.2, 0.25) is 0 Å². The average Bonchev–Trinajstić information content (AvgIpc) is 4.00. The molecule has 0 fully saturated rings. The summed E-state index contributed by atoms with van der Waals surface area (Å²) in [7, 11) is 0. The first-order valence-electron chi connectivity index (χ1n) is 16.6. The zero-order valence-electron chi connectivity index (χ0n) is 27.1. The fourth-order valence-electron chi connectivity index (χ4n) is 6.87. The second-order valence-corrected chi connectivity index (χ2v) is 12.2. The van der Waals surface area contributed by atoms with Gasteiger partial charge in [0.25, 0.3) is 0 Å². The molecule has 5 aliphatic heterocycles.